The number of carbonyl (C=O) groups is 3. The molecule has 8 nitrogen and oxygen atoms in total. The molecular formula is C19H17N3O5S. The Kier molecular flexibility index (Phi) is 5.85. The number of anilines is 2. The third kappa shape index (κ3) is 4.83. The van der Waals surface area contributed by atoms with Gasteiger partial charge in [0.25, 0.3) is 11.8 Å². The van der Waals surface area contributed by atoms with E-state index in [4.69, 9.17) is 9.26 Å². The molecular weight excluding hydrogens is 382 g/mol. The van der Waals surface area contributed by atoms with Gasteiger partial charge in [0, 0.05) is 11.8 Å². The van der Waals surface area contributed by atoms with Crippen molar-refractivity contribution in [1.29, 1.82) is 0 Å². The first-order valence-electron chi connectivity index (χ1n) is 8.32. The molecule has 0 radical (unpaired) electrons. The molecule has 28 heavy (non-hydrogen) atoms. The van der Waals surface area contributed by atoms with Crippen LogP contribution in [-0.4, -0.2) is 29.0 Å². The number of rotatable bonds is 6. The summed E-state index contributed by atoms with van der Waals surface area (Å²) in [5.41, 5.74) is 0.799. The first kappa shape index (κ1) is 19.3. The normalized spacial score (nSPS) is 11.5. The van der Waals surface area contributed by atoms with Gasteiger partial charge < -0.3 is 19.9 Å². The first-order chi connectivity index (χ1) is 13.4. The Hall–Kier alpha value is -3.46. The summed E-state index contributed by atoms with van der Waals surface area (Å²) in [5, 5.41) is 10.7. The summed E-state index contributed by atoms with van der Waals surface area (Å²) in [4.78, 5) is 36.9. The molecule has 2 N–H and O–H groups in total. The van der Waals surface area contributed by atoms with Gasteiger partial charge in [-0.1, -0.05) is 11.2 Å². The van der Waals surface area contributed by atoms with E-state index in [0.717, 1.165) is 0 Å². The van der Waals surface area contributed by atoms with Crippen LogP contribution in [0.1, 0.15) is 32.7 Å². The molecule has 3 rings (SSSR count). The molecule has 144 valence electrons. The van der Waals surface area contributed by atoms with Crippen molar-refractivity contribution in [1.82, 2.24) is 5.16 Å². The minimum atomic E-state index is -1.03. The van der Waals surface area contributed by atoms with E-state index in [0.29, 0.717) is 16.3 Å². The Morgan fingerprint density at radius 3 is 2.50 bits per heavy atom. The van der Waals surface area contributed by atoms with E-state index in [1.54, 1.807) is 37.3 Å². The fourth-order valence-electron chi connectivity index (χ4n) is 2.23. The van der Waals surface area contributed by atoms with Gasteiger partial charge in [0.05, 0.1) is 10.4 Å². The second kappa shape index (κ2) is 8.49. The number of esters is 1. The molecule has 0 fully saturated rings. The van der Waals surface area contributed by atoms with Crippen molar-refractivity contribution in [2.24, 2.45) is 0 Å². The maximum Gasteiger partial charge on any atom is 0.338 e. The summed E-state index contributed by atoms with van der Waals surface area (Å²) < 4.78 is 10.0. The van der Waals surface area contributed by atoms with Crippen LogP contribution >= 0.6 is 11.3 Å². The highest BCUT2D eigenvalue weighted by Gasteiger charge is 2.20. The van der Waals surface area contributed by atoms with Crippen LogP contribution in [0.5, 0.6) is 0 Å². The van der Waals surface area contributed by atoms with Gasteiger partial charge in [-0.3, -0.25) is 9.59 Å². The molecule has 0 aliphatic heterocycles. The maximum atomic E-state index is 12.2. The predicted octanol–water partition coefficient (Wildman–Crippen LogP) is 3.48. The highest BCUT2D eigenvalue weighted by Crippen LogP contribution is 2.15. The standard InChI is InChI=1S/C19H17N3O5S/c1-11-10-16(22-27-11)21-17(23)12(2)26-19(25)13-5-7-14(8-6-13)20-18(24)15-4-3-9-28-15/h3-10,12H,1-2H3,(H,20,24)(H,21,22,23)/t12-/m1/s1. The van der Waals surface area contributed by atoms with Gasteiger partial charge in [-0.05, 0) is 49.6 Å². The minimum Gasteiger partial charge on any atom is -0.449 e. The highest BCUT2D eigenvalue weighted by molar-refractivity contribution is 7.12. The second-order valence-corrected chi connectivity index (χ2v) is 6.82. The molecule has 1 aromatic carbocycles. The number of aromatic nitrogens is 1. The van der Waals surface area contributed by atoms with Gasteiger partial charge in [-0.2, -0.15) is 0 Å². The number of hydrogen-bond acceptors (Lipinski definition) is 7. The molecule has 0 saturated heterocycles. The molecule has 2 amide bonds. The average Bonchev–Trinajstić information content (AvgIpc) is 3.34. The molecule has 3 aromatic rings. The topological polar surface area (TPSA) is 111 Å². The summed E-state index contributed by atoms with van der Waals surface area (Å²) in [6.07, 6.45) is -1.03. The molecule has 0 unspecified atom stereocenters. The van der Waals surface area contributed by atoms with Crippen molar-refractivity contribution in [2.75, 3.05) is 10.6 Å². The lowest BCUT2D eigenvalue weighted by atomic mass is 10.2. The predicted molar refractivity (Wildman–Crippen MR) is 103 cm³/mol. The fourth-order valence-corrected chi connectivity index (χ4v) is 2.84. The van der Waals surface area contributed by atoms with Crippen molar-refractivity contribution in [2.45, 2.75) is 20.0 Å². The molecule has 0 bridgehead atoms. The van der Waals surface area contributed by atoms with Gasteiger partial charge in [-0.15, -0.1) is 11.3 Å². The Balaban J connectivity index is 1.55. The van der Waals surface area contributed by atoms with Crippen molar-refractivity contribution in [3.05, 3.63) is 64.0 Å². The molecule has 0 saturated carbocycles. The molecule has 0 spiro atoms. The molecule has 2 aromatic heterocycles. The lowest BCUT2D eigenvalue weighted by Crippen LogP contribution is -2.30. The molecule has 0 aliphatic carbocycles. The van der Waals surface area contributed by atoms with Crippen LogP contribution < -0.4 is 10.6 Å². The number of amides is 2. The third-order valence-electron chi connectivity index (χ3n) is 3.66. The fraction of sp³-hybridized carbons (Fsp3) is 0.158. The van der Waals surface area contributed by atoms with Gasteiger partial charge >= 0.3 is 5.97 Å². The second-order valence-electron chi connectivity index (χ2n) is 5.87. The van der Waals surface area contributed by atoms with E-state index in [-0.39, 0.29) is 17.3 Å². The quantitative estimate of drug-likeness (QED) is 0.614. The number of benzene rings is 1. The number of thiophene rings is 1. The van der Waals surface area contributed by atoms with Crippen LogP contribution in [0.2, 0.25) is 0 Å². The SMILES string of the molecule is Cc1cc(NC(=O)[C@@H](C)OC(=O)c2ccc(NC(=O)c3cccs3)cc2)no1. The average molecular weight is 399 g/mol. The number of carbonyl (C=O) groups excluding carboxylic acids is 3. The molecule has 0 aliphatic rings. The molecule has 9 heteroatoms. The number of ether oxygens (including phenoxy) is 1. The maximum absolute atomic E-state index is 12.2. The van der Waals surface area contributed by atoms with Crippen LogP contribution in [0.25, 0.3) is 0 Å². The van der Waals surface area contributed by atoms with Crippen molar-refractivity contribution < 1.29 is 23.6 Å². The number of nitrogens with one attached hydrogen (secondary N) is 2. The van der Waals surface area contributed by atoms with Gasteiger partial charge in [0.1, 0.15) is 5.76 Å². The first-order valence-corrected chi connectivity index (χ1v) is 9.20. The smallest absolute Gasteiger partial charge is 0.338 e. The summed E-state index contributed by atoms with van der Waals surface area (Å²) in [6, 6.07) is 11.3. The van der Waals surface area contributed by atoms with Crippen LogP contribution in [-0.2, 0) is 9.53 Å². The van der Waals surface area contributed by atoms with E-state index in [9.17, 15) is 14.4 Å². The molecule has 2 heterocycles. The van der Waals surface area contributed by atoms with Gasteiger partial charge in [0.15, 0.2) is 11.9 Å². The van der Waals surface area contributed by atoms with Crippen LogP contribution in [0.3, 0.4) is 0 Å². The minimum absolute atomic E-state index is 0.223. The van der Waals surface area contributed by atoms with E-state index in [2.05, 4.69) is 15.8 Å². The Morgan fingerprint density at radius 1 is 1.14 bits per heavy atom. The monoisotopic (exact) mass is 399 g/mol. The zero-order valence-electron chi connectivity index (χ0n) is 15.1. The zero-order chi connectivity index (χ0) is 20.1. The van der Waals surface area contributed by atoms with E-state index in [1.165, 1.54) is 30.4 Å². The number of nitrogens with zero attached hydrogens (tertiary/aromatic N) is 1. The summed E-state index contributed by atoms with van der Waals surface area (Å²) in [7, 11) is 0. The summed E-state index contributed by atoms with van der Waals surface area (Å²) in [5.74, 6) is -0.613. The Morgan fingerprint density at radius 2 is 1.89 bits per heavy atom. The van der Waals surface area contributed by atoms with Crippen LogP contribution in [0.4, 0.5) is 11.5 Å². The van der Waals surface area contributed by atoms with Gasteiger partial charge in [0.2, 0.25) is 0 Å². The summed E-state index contributed by atoms with van der Waals surface area (Å²) >= 11 is 1.34. The Bertz CT molecular complexity index is 979. The third-order valence-corrected chi connectivity index (χ3v) is 4.52. The van der Waals surface area contributed by atoms with E-state index < -0.39 is 18.0 Å². The molecule has 1 atom stereocenters. The van der Waals surface area contributed by atoms with Gasteiger partial charge in [-0.25, -0.2) is 4.79 Å². The lowest BCUT2D eigenvalue weighted by Gasteiger charge is -2.12. The Labute approximate surface area is 164 Å². The number of hydrogen-bond donors (Lipinski definition) is 2. The van der Waals surface area contributed by atoms with E-state index in [1.807, 2.05) is 5.38 Å². The van der Waals surface area contributed by atoms with Crippen molar-refractivity contribution >= 4 is 40.6 Å². The van der Waals surface area contributed by atoms with Crippen LogP contribution in [0.15, 0.2) is 52.4 Å². The van der Waals surface area contributed by atoms with Crippen molar-refractivity contribution in [3.8, 4) is 0 Å². The highest BCUT2D eigenvalue weighted by atomic mass is 32.1. The largest absolute Gasteiger partial charge is 0.449 e. The zero-order valence-corrected chi connectivity index (χ0v) is 15.9. The van der Waals surface area contributed by atoms with Crippen molar-refractivity contribution in [3.63, 3.8) is 0 Å². The number of aryl methyl sites for hydroxylation is 1. The van der Waals surface area contributed by atoms with E-state index >= 15 is 0 Å². The van der Waals surface area contributed by atoms with Crippen LogP contribution in [0, 0.1) is 6.92 Å². The summed E-state index contributed by atoms with van der Waals surface area (Å²) in [6.45, 7) is 3.15. The lowest BCUT2D eigenvalue weighted by molar-refractivity contribution is -0.123.